The number of amides is 1. The Balaban J connectivity index is 2.10. The summed E-state index contributed by atoms with van der Waals surface area (Å²) in [5, 5.41) is 2.47. The van der Waals surface area contributed by atoms with Crippen LogP contribution in [-0.2, 0) is 4.74 Å². The summed E-state index contributed by atoms with van der Waals surface area (Å²) >= 11 is 0. The highest BCUT2D eigenvalue weighted by molar-refractivity contribution is 5.69. The molecule has 0 saturated heterocycles. The smallest absolute Gasteiger partial charge is 0.488 e. The maximum absolute atomic E-state index is 12.7. The Morgan fingerprint density at radius 1 is 1.00 bits per heavy atom. The Hall–Kier alpha value is -3.10. The summed E-state index contributed by atoms with van der Waals surface area (Å²) in [5.41, 5.74) is 6.93. The van der Waals surface area contributed by atoms with Crippen molar-refractivity contribution in [2.75, 3.05) is 18.9 Å². The summed E-state index contributed by atoms with van der Waals surface area (Å²) in [6.07, 6.45) is -5.52. The number of nitrogens with one attached hydrogen (secondary N) is 1. The van der Waals surface area contributed by atoms with Gasteiger partial charge in [0, 0.05) is 5.69 Å². The molecule has 0 aliphatic carbocycles. The number of ether oxygens (including phenoxy) is 3. The molecule has 0 bridgehead atoms. The largest absolute Gasteiger partial charge is 0.573 e. The van der Waals surface area contributed by atoms with Gasteiger partial charge in [-0.3, -0.25) is 0 Å². The lowest BCUT2D eigenvalue weighted by Crippen LogP contribution is -2.34. The van der Waals surface area contributed by atoms with Crippen molar-refractivity contribution in [3.8, 4) is 22.6 Å². The maximum atomic E-state index is 12.7. The van der Waals surface area contributed by atoms with Crippen LogP contribution in [0.1, 0.15) is 20.8 Å². The summed E-state index contributed by atoms with van der Waals surface area (Å²) in [4.78, 5) is 11.6. The quantitative estimate of drug-likeness (QED) is 0.529. The van der Waals surface area contributed by atoms with Crippen molar-refractivity contribution in [3.63, 3.8) is 0 Å². The predicted octanol–water partition coefficient (Wildman–Crippen LogP) is 4.74. The molecule has 6 nitrogen and oxygen atoms in total. The van der Waals surface area contributed by atoms with Crippen LogP contribution in [0.4, 0.5) is 23.7 Å². The van der Waals surface area contributed by atoms with Crippen LogP contribution >= 0.6 is 0 Å². The fourth-order valence-electron chi connectivity index (χ4n) is 2.31. The van der Waals surface area contributed by atoms with E-state index in [1.165, 1.54) is 18.2 Å². The zero-order valence-electron chi connectivity index (χ0n) is 16.3. The number of carbonyl (C=O) groups is 1. The van der Waals surface area contributed by atoms with E-state index in [9.17, 15) is 18.0 Å². The normalized spacial score (nSPS) is 11.7. The third kappa shape index (κ3) is 7.81. The molecule has 158 valence electrons. The first-order valence-electron chi connectivity index (χ1n) is 8.78. The Morgan fingerprint density at radius 2 is 1.62 bits per heavy atom. The highest BCUT2D eigenvalue weighted by Gasteiger charge is 2.32. The van der Waals surface area contributed by atoms with Crippen LogP contribution in [0.5, 0.6) is 11.5 Å². The first-order chi connectivity index (χ1) is 13.4. The topological polar surface area (TPSA) is 82.8 Å². The lowest BCUT2D eigenvalue weighted by molar-refractivity contribution is -0.275. The van der Waals surface area contributed by atoms with Crippen molar-refractivity contribution in [1.82, 2.24) is 5.32 Å². The van der Waals surface area contributed by atoms with Crippen LogP contribution in [0.15, 0.2) is 42.5 Å². The molecule has 2 aromatic rings. The molecule has 0 spiro atoms. The number of alkyl halides is 3. The Kier molecular flexibility index (Phi) is 6.84. The molecular formula is C20H23F3N2O4. The molecule has 0 unspecified atom stereocenters. The molecular weight excluding hydrogens is 389 g/mol. The van der Waals surface area contributed by atoms with Crippen LogP contribution in [0, 0.1) is 0 Å². The van der Waals surface area contributed by atoms with Crippen molar-refractivity contribution >= 4 is 11.8 Å². The van der Waals surface area contributed by atoms with Gasteiger partial charge < -0.3 is 25.3 Å². The first-order valence-corrected chi connectivity index (χ1v) is 8.78. The number of alkyl carbamates (subject to hydrolysis) is 1. The molecule has 29 heavy (non-hydrogen) atoms. The molecule has 0 radical (unpaired) electrons. The molecule has 2 rings (SSSR count). The molecule has 9 heteroatoms. The van der Waals surface area contributed by atoms with E-state index in [-0.39, 0.29) is 18.9 Å². The number of hydrogen-bond acceptors (Lipinski definition) is 5. The number of anilines is 1. The number of hydrogen-bond donors (Lipinski definition) is 2. The number of nitrogens with two attached hydrogens (primary N) is 1. The van der Waals surface area contributed by atoms with Crippen molar-refractivity contribution < 1.29 is 32.2 Å². The lowest BCUT2D eigenvalue weighted by atomic mass is 10.0. The summed E-state index contributed by atoms with van der Waals surface area (Å²) < 4.78 is 52.6. The van der Waals surface area contributed by atoms with Gasteiger partial charge >= 0.3 is 12.5 Å². The highest BCUT2D eigenvalue weighted by atomic mass is 19.4. The van der Waals surface area contributed by atoms with Gasteiger partial charge in [-0.05, 0) is 56.2 Å². The van der Waals surface area contributed by atoms with E-state index in [0.717, 1.165) is 5.56 Å². The monoisotopic (exact) mass is 412 g/mol. The second-order valence-electron chi connectivity index (χ2n) is 7.11. The van der Waals surface area contributed by atoms with E-state index in [2.05, 4.69) is 10.1 Å². The van der Waals surface area contributed by atoms with Gasteiger partial charge in [-0.25, -0.2) is 4.79 Å². The second kappa shape index (κ2) is 8.93. The van der Waals surface area contributed by atoms with Crippen LogP contribution in [-0.4, -0.2) is 31.2 Å². The third-order valence-electron chi connectivity index (χ3n) is 3.44. The molecule has 0 aliphatic rings. The Labute approximate surface area is 166 Å². The fraction of sp³-hybridized carbons (Fsp3) is 0.350. The van der Waals surface area contributed by atoms with Gasteiger partial charge in [-0.2, -0.15) is 0 Å². The average molecular weight is 412 g/mol. The van der Waals surface area contributed by atoms with Crippen molar-refractivity contribution in [3.05, 3.63) is 42.5 Å². The van der Waals surface area contributed by atoms with Gasteiger partial charge in [-0.1, -0.05) is 18.2 Å². The molecule has 0 fully saturated rings. The Bertz CT molecular complexity index is 831. The molecule has 0 atom stereocenters. The van der Waals surface area contributed by atoms with E-state index in [1.54, 1.807) is 45.0 Å². The number of benzene rings is 2. The lowest BCUT2D eigenvalue weighted by Gasteiger charge is -2.20. The molecule has 0 aromatic heterocycles. The molecule has 1 amide bonds. The molecule has 2 aromatic carbocycles. The van der Waals surface area contributed by atoms with Gasteiger partial charge in [-0.15, -0.1) is 13.2 Å². The van der Waals surface area contributed by atoms with E-state index in [1.807, 2.05) is 0 Å². The van der Waals surface area contributed by atoms with Crippen molar-refractivity contribution in [1.29, 1.82) is 0 Å². The van der Waals surface area contributed by atoms with Gasteiger partial charge in [0.15, 0.2) is 11.5 Å². The molecule has 0 aliphatic heterocycles. The van der Waals surface area contributed by atoms with Gasteiger partial charge in [0.25, 0.3) is 0 Å². The molecule has 0 saturated carbocycles. The summed E-state index contributed by atoms with van der Waals surface area (Å²) in [6.45, 7) is 5.09. The molecule has 3 N–H and O–H groups in total. The van der Waals surface area contributed by atoms with Gasteiger partial charge in [0.2, 0.25) is 0 Å². The summed E-state index contributed by atoms with van der Waals surface area (Å²) in [7, 11) is 0. The SMILES string of the molecule is CC(C)(C)OC(=O)NCCOc1cc(-c2ccc(N)cc2)ccc1OC(F)(F)F. The molecule has 0 heterocycles. The second-order valence-corrected chi connectivity index (χ2v) is 7.11. The zero-order valence-corrected chi connectivity index (χ0v) is 16.3. The minimum absolute atomic E-state index is 0.0342. The highest BCUT2D eigenvalue weighted by Crippen LogP contribution is 2.36. The van der Waals surface area contributed by atoms with Crippen LogP contribution in [0.3, 0.4) is 0 Å². The minimum Gasteiger partial charge on any atom is -0.488 e. The summed E-state index contributed by atoms with van der Waals surface area (Å²) in [6, 6.07) is 10.9. The van der Waals surface area contributed by atoms with Crippen LogP contribution in [0.2, 0.25) is 0 Å². The zero-order chi connectivity index (χ0) is 21.7. The van der Waals surface area contributed by atoms with Crippen LogP contribution < -0.4 is 20.5 Å². The van der Waals surface area contributed by atoms with Gasteiger partial charge in [0.05, 0.1) is 6.54 Å². The maximum Gasteiger partial charge on any atom is 0.573 e. The third-order valence-corrected chi connectivity index (χ3v) is 3.44. The summed E-state index contributed by atoms with van der Waals surface area (Å²) in [5.74, 6) is -0.586. The minimum atomic E-state index is -4.87. The van der Waals surface area contributed by atoms with Gasteiger partial charge in [0.1, 0.15) is 12.2 Å². The fourth-order valence-corrected chi connectivity index (χ4v) is 2.31. The van der Waals surface area contributed by atoms with E-state index < -0.39 is 23.8 Å². The van der Waals surface area contributed by atoms with E-state index in [0.29, 0.717) is 11.3 Å². The Morgan fingerprint density at radius 3 is 2.21 bits per heavy atom. The predicted molar refractivity (Wildman–Crippen MR) is 103 cm³/mol. The first kappa shape index (κ1) is 22.2. The van der Waals surface area contributed by atoms with E-state index in [4.69, 9.17) is 15.2 Å². The standard InChI is InChI=1S/C20H23F3N2O4/c1-19(2,3)29-18(26)25-10-11-27-17-12-14(13-4-7-15(24)8-5-13)6-9-16(17)28-20(21,22)23/h4-9,12H,10-11,24H2,1-3H3,(H,25,26). The number of rotatable bonds is 6. The van der Waals surface area contributed by atoms with Crippen LogP contribution in [0.25, 0.3) is 11.1 Å². The average Bonchev–Trinajstić information content (AvgIpc) is 2.58. The van der Waals surface area contributed by atoms with Crippen molar-refractivity contribution in [2.45, 2.75) is 32.7 Å². The number of carbonyl (C=O) groups excluding carboxylic acids is 1. The van der Waals surface area contributed by atoms with Crippen molar-refractivity contribution in [2.24, 2.45) is 0 Å². The van der Waals surface area contributed by atoms with E-state index >= 15 is 0 Å². The number of halogens is 3. The number of nitrogen functional groups attached to an aromatic ring is 1.